The maximum Gasteiger partial charge on any atom is 0.332 e. The molecule has 1 N–H and O–H groups in total. The van der Waals surface area contributed by atoms with E-state index in [9.17, 15) is 18.8 Å². The van der Waals surface area contributed by atoms with E-state index in [1.54, 1.807) is 43.4 Å². The van der Waals surface area contributed by atoms with Crippen molar-refractivity contribution >= 4 is 22.8 Å². The summed E-state index contributed by atoms with van der Waals surface area (Å²) in [6.07, 6.45) is 1.44. The molecule has 2 aromatic carbocycles. The van der Waals surface area contributed by atoms with Crippen LogP contribution in [0, 0.1) is 5.82 Å². The monoisotopic (exact) mass is 437 g/mol. The Hall–Kier alpha value is -4.21. The number of aromatic nitrogens is 4. The molecule has 0 saturated carbocycles. The Bertz CT molecular complexity index is 1440. The lowest BCUT2D eigenvalue weighted by Crippen LogP contribution is -2.42. The topological polar surface area (TPSA) is 100 Å². The third kappa shape index (κ3) is 4.15. The van der Waals surface area contributed by atoms with Gasteiger partial charge in [0.1, 0.15) is 24.7 Å². The van der Waals surface area contributed by atoms with Crippen LogP contribution >= 0.6 is 0 Å². The Kier molecular flexibility index (Phi) is 5.59. The minimum absolute atomic E-state index is 0.158. The standard InChI is InChI=1S/C22H20FN5O4/c1-26-13-24-20-19(26)21(30)28(22(31)27(20)2)11-18(29)25-16-7-4-8-17(10-16)32-12-14-5-3-6-15(23)9-14/h3-10,13H,11-12H2,1-2H3,(H,25,29). The number of carbonyl (C=O) groups is 1. The summed E-state index contributed by atoms with van der Waals surface area (Å²) in [6, 6.07) is 12.7. The Morgan fingerprint density at radius 2 is 1.91 bits per heavy atom. The van der Waals surface area contributed by atoms with Gasteiger partial charge in [0.2, 0.25) is 5.91 Å². The fourth-order valence-corrected chi connectivity index (χ4v) is 3.34. The maximum absolute atomic E-state index is 13.3. The number of benzene rings is 2. The van der Waals surface area contributed by atoms with Gasteiger partial charge < -0.3 is 14.6 Å². The Morgan fingerprint density at radius 1 is 1.12 bits per heavy atom. The summed E-state index contributed by atoms with van der Waals surface area (Å²) < 4.78 is 22.5. The van der Waals surface area contributed by atoms with Crippen molar-refractivity contribution in [2.24, 2.45) is 14.1 Å². The van der Waals surface area contributed by atoms with Gasteiger partial charge >= 0.3 is 5.69 Å². The van der Waals surface area contributed by atoms with Crippen molar-refractivity contribution in [2.45, 2.75) is 13.2 Å². The highest BCUT2D eigenvalue weighted by Gasteiger charge is 2.17. The van der Waals surface area contributed by atoms with Gasteiger partial charge in [-0.25, -0.2) is 18.7 Å². The zero-order valence-corrected chi connectivity index (χ0v) is 17.4. The first kappa shape index (κ1) is 21.0. The molecule has 4 aromatic rings. The first-order chi connectivity index (χ1) is 15.3. The van der Waals surface area contributed by atoms with E-state index in [0.717, 1.165) is 4.57 Å². The lowest BCUT2D eigenvalue weighted by Gasteiger charge is -2.11. The minimum Gasteiger partial charge on any atom is -0.489 e. The van der Waals surface area contributed by atoms with E-state index in [4.69, 9.17) is 4.74 Å². The molecule has 0 atom stereocenters. The molecule has 0 bridgehead atoms. The van der Waals surface area contributed by atoms with E-state index < -0.39 is 23.7 Å². The molecule has 0 spiro atoms. The molecule has 2 heterocycles. The number of nitrogens with zero attached hydrogens (tertiary/aromatic N) is 4. The molecule has 4 rings (SSSR count). The molecule has 1 amide bonds. The van der Waals surface area contributed by atoms with Crippen LogP contribution in [-0.4, -0.2) is 24.6 Å². The number of imidazole rings is 1. The van der Waals surface area contributed by atoms with Gasteiger partial charge in [0.15, 0.2) is 11.2 Å². The van der Waals surface area contributed by atoms with E-state index in [0.29, 0.717) is 17.0 Å². The van der Waals surface area contributed by atoms with Crippen LogP contribution < -0.4 is 21.3 Å². The van der Waals surface area contributed by atoms with Crippen LogP contribution in [0.4, 0.5) is 10.1 Å². The first-order valence-corrected chi connectivity index (χ1v) is 9.71. The average molecular weight is 437 g/mol. The molecule has 0 aliphatic carbocycles. The zero-order chi connectivity index (χ0) is 22.8. The molecule has 0 unspecified atom stereocenters. The van der Waals surface area contributed by atoms with Crippen LogP contribution in [0.25, 0.3) is 11.2 Å². The highest BCUT2D eigenvalue weighted by molar-refractivity contribution is 5.90. The third-order valence-electron chi connectivity index (χ3n) is 4.92. The number of halogens is 1. The number of aryl methyl sites for hydroxylation is 2. The number of carbonyl (C=O) groups excluding carboxylic acids is 1. The number of ether oxygens (including phenoxy) is 1. The van der Waals surface area contributed by atoms with Crippen LogP contribution in [0.15, 0.2) is 64.4 Å². The van der Waals surface area contributed by atoms with Crippen LogP contribution in [-0.2, 0) is 32.0 Å². The Labute approximate surface area is 181 Å². The first-order valence-electron chi connectivity index (χ1n) is 9.71. The lowest BCUT2D eigenvalue weighted by molar-refractivity contribution is -0.116. The molecular weight excluding hydrogens is 417 g/mol. The summed E-state index contributed by atoms with van der Waals surface area (Å²) in [5, 5.41) is 2.66. The molecule has 0 fully saturated rings. The van der Waals surface area contributed by atoms with Crippen molar-refractivity contribution in [3.05, 3.63) is 87.1 Å². The van der Waals surface area contributed by atoms with Crippen molar-refractivity contribution in [3.63, 3.8) is 0 Å². The van der Waals surface area contributed by atoms with Crippen molar-refractivity contribution < 1.29 is 13.9 Å². The van der Waals surface area contributed by atoms with Crippen molar-refractivity contribution in [1.29, 1.82) is 0 Å². The average Bonchev–Trinajstić information content (AvgIpc) is 3.16. The van der Waals surface area contributed by atoms with Gasteiger partial charge in [-0.1, -0.05) is 18.2 Å². The molecule has 0 radical (unpaired) electrons. The normalized spacial score (nSPS) is 11.0. The number of rotatable bonds is 6. The quantitative estimate of drug-likeness (QED) is 0.496. The fourth-order valence-electron chi connectivity index (χ4n) is 3.34. The molecule has 32 heavy (non-hydrogen) atoms. The number of hydrogen-bond donors (Lipinski definition) is 1. The predicted octanol–water partition coefficient (Wildman–Crippen LogP) is 1.79. The van der Waals surface area contributed by atoms with E-state index >= 15 is 0 Å². The second-order valence-electron chi connectivity index (χ2n) is 7.26. The number of amides is 1. The zero-order valence-electron chi connectivity index (χ0n) is 17.4. The SMILES string of the molecule is Cn1cnc2c1c(=O)n(CC(=O)Nc1cccc(OCc3cccc(F)c3)c1)c(=O)n2C. The van der Waals surface area contributed by atoms with Gasteiger partial charge in [-0.2, -0.15) is 0 Å². The van der Waals surface area contributed by atoms with E-state index in [-0.39, 0.29) is 23.6 Å². The lowest BCUT2D eigenvalue weighted by atomic mass is 10.2. The molecule has 9 nitrogen and oxygen atoms in total. The van der Waals surface area contributed by atoms with Gasteiger partial charge in [-0.3, -0.25) is 14.2 Å². The van der Waals surface area contributed by atoms with E-state index in [1.807, 2.05) is 0 Å². The van der Waals surface area contributed by atoms with E-state index in [1.165, 1.54) is 34.6 Å². The van der Waals surface area contributed by atoms with Gasteiger partial charge in [0, 0.05) is 25.8 Å². The molecule has 0 aliphatic heterocycles. The number of anilines is 1. The predicted molar refractivity (Wildman–Crippen MR) is 116 cm³/mol. The maximum atomic E-state index is 13.3. The molecule has 10 heteroatoms. The summed E-state index contributed by atoms with van der Waals surface area (Å²) in [6.45, 7) is -0.299. The van der Waals surface area contributed by atoms with Crippen molar-refractivity contribution in [2.75, 3.05) is 5.32 Å². The smallest absolute Gasteiger partial charge is 0.332 e. The van der Waals surface area contributed by atoms with Gasteiger partial charge in [0.25, 0.3) is 5.56 Å². The number of fused-ring (bicyclic) bond motifs is 1. The summed E-state index contributed by atoms with van der Waals surface area (Å²) in [5.74, 6) is -0.428. The molecule has 164 valence electrons. The Balaban J connectivity index is 1.49. The second-order valence-corrected chi connectivity index (χ2v) is 7.26. The molecule has 0 saturated heterocycles. The van der Waals surface area contributed by atoms with Gasteiger partial charge in [-0.15, -0.1) is 0 Å². The van der Waals surface area contributed by atoms with Gasteiger partial charge in [0.05, 0.1) is 6.33 Å². The molecule has 0 aliphatic rings. The summed E-state index contributed by atoms with van der Waals surface area (Å²) >= 11 is 0. The van der Waals surface area contributed by atoms with Crippen LogP contribution in [0.1, 0.15) is 5.56 Å². The van der Waals surface area contributed by atoms with E-state index in [2.05, 4.69) is 10.3 Å². The van der Waals surface area contributed by atoms with Crippen LogP contribution in [0.5, 0.6) is 5.75 Å². The van der Waals surface area contributed by atoms with Crippen molar-refractivity contribution in [1.82, 2.24) is 18.7 Å². The molecule has 2 aromatic heterocycles. The summed E-state index contributed by atoms with van der Waals surface area (Å²) in [4.78, 5) is 41.9. The second kappa shape index (κ2) is 8.50. The summed E-state index contributed by atoms with van der Waals surface area (Å²) in [7, 11) is 3.13. The highest BCUT2D eigenvalue weighted by Crippen LogP contribution is 2.19. The minimum atomic E-state index is -0.636. The van der Waals surface area contributed by atoms with Gasteiger partial charge in [-0.05, 0) is 29.8 Å². The van der Waals surface area contributed by atoms with Crippen LogP contribution in [0.2, 0.25) is 0 Å². The number of hydrogen-bond acceptors (Lipinski definition) is 5. The number of nitrogens with one attached hydrogen (secondary N) is 1. The third-order valence-corrected chi connectivity index (χ3v) is 4.92. The Morgan fingerprint density at radius 3 is 2.69 bits per heavy atom. The fraction of sp³-hybridized carbons (Fsp3) is 0.182. The van der Waals surface area contributed by atoms with Crippen molar-refractivity contribution in [3.8, 4) is 5.75 Å². The summed E-state index contributed by atoms with van der Waals surface area (Å²) in [5.41, 5.74) is 0.349. The highest BCUT2D eigenvalue weighted by atomic mass is 19.1. The molecular formula is C22H20FN5O4. The van der Waals surface area contributed by atoms with Crippen LogP contribution in [0.3, 0.4) is 0 Å². The largest absolute Gasteiger partial charge is 0.489 e.